The highest BCUT2D eigenvalue weighted by Crippen LogP contribution is 2.45. The normalized spacial score (nSPS) is 11.9. The van der Waals surface area contributed by atoms with E-state index in [-0.39, 0.29) is 0 Å². The molecule has 4 heteroatoms. The molecule has 250 valence electrons. The molecule has 0 unspecified atom stereocenters. The van der Waals surface area contributed by atoms with Crippen molar-refractivity contribution in [2.24, 2.45) is 0 Å². The second-order valence-corrected chi connectivity index (χ2v) is 14.9. The first-order valence-corrected chi connectivity index (χ1v) is 18.8. The lowest BCUT2D eigenvalue weighted by Crippen LogP contribution is -2.10. The van der Waals surface area contributed by atoms with Gasteiger partial charge in [0.1, 0.15) is 11.2 Å². The highest BCUT2D eigenvalue weighted by molar-refractivity contribution is 7.25. The number of rotatable bonds is 5. The quantitative estimate of drug-likeness (QED) is 0.179. The first-order valence-electron chi connectivity index (χ1n) is 18.0. The summed E-state index contributed by atoms with van der Waals surface area (Å²) >= 11 is 1.85. The van der Waals surface area contributed by atoms with Gasteiger partial charge in [0, 0.05) is 53.4 Å². The van der Waals surface area contributed by atoms with Gasteiger partial charge in [-0.05, 0) is 96.9 Å². The smallest absolute Gasteiger partial charge is 0.137 e. The summed E-state index contributed by atoms with van der Waals surface area (Å²) in [6.45, 7) is 2.14. The summed E-state index contributed by atoms with van der Waals surface area (Å²) in [6, 6.07) is 63.7. The lowest BCUT2D eigenvalue weighted by atomic mass is 10.0. The Morgan fingerprint density at radius 3 is 2.02 bits per heavy atom. The topological polar surface area (TPSA) is 21.3 Å². The fraction of sp³-hybridized carbons (Fsp3) is 0.0204. The maximum atomic E-state index is 6.38. The van der Waals surface area contributed by atoms with Gasteiger partial charge >= 0.3 is 0 Å². The minimum absolute atomic E-state index is 0.881. The van der Waals surface area contributed by atoms with Crippen molar-refractivity contribution in [1.82, 2.24) is 4.57 Å². The molecule has 0 fully saturated rings. The van der Waals surface area contributed by atoms with Gasteiger partial charge in [-0.15, -0.1) is 11.3 Å². The van der Waals surface area contributed by atoms with Crippen LogP contribution in [0.1, 0.15) is 5.56 Å². The van der Waals surface area contributed by atoms with Crippen LogP contribution in [0.15, 0.2) is 180 Å². The number of fused-ring (bicyclic) bond motifs is 9. The number of hydrogen-bond acceptors (Lipinski definition) is 3. The molecule has 0 saturated carbocycles. The molecule has 53 heavy (non-hydrogen) atoms. The van der Waals surface area contributed by atoms with E-state index < -0.39 is 0 Å². The van der Waals surface area contributed by atoms with Crippen LogP contribution in [0.5, 0.6) is 0 Å². The highest BCUT2D eigenvalue weighted by Gasteiger charge is 2.21. The molecule has 3 aromatic heterocycles. The summed E-state index contributed by atoms with van der Waals surface area (Å²) in [7, 11) is 0. The number of benzene rings is 8. The monoisotopic (exact) mass is 696 g/mol. The summed E-state index contributed by atoms with van der Waals surface area (Å²) in [5, 5.41) is 7.32. The second-order valence-electron chi connectivity index (χ2n) is 13.8. The Kier molecular flexibility index (Phi) is 6.64. The fourth-order valence-corrected chi connectivity index (χ4v) is 9.29. The van der Waals surface area contributed by atoms with E-state index in [1.165, 1.54) is 64.4 Å². The summed E-state index contributed by atoms with van der Waals surface area (Å²) in [4.78, 5) is 2.39. The zero-order valence-electron chi connectivity index (χ0n) is 29.0. The van der Waals surface area contributed by atoms with Gasteiger partial charge in [0.2, 0.25) is 0 Å². The Balaban J connectivity index is 1.07. The van der Waals surface area contributed by atoms with Crippen LogP contribution in [0.3, 0.4) is 0 Å². The molecule has 0 radical (unpaired) electrons. The summed E-state index contributed by atoms with van der Waals surface area (Å²) in [5.74, 6) is 0. The van der Waals surface area contributed by atoms with Crippen molar-refractivity contribution >= 4 is 92.3 Å². The fourth-order valence-electron chi connectivity index (χ4n) is 8.15. The second kappa shape index (κ2) is 11.7. The third kappa shape index (κ3) is 4.73. The van der Waals surface area contributed by atoms with E-state index in [1.807, 2.05) is 17.4 Å². The van der Waals surface area contributed by atoms with Gasteiger partial charge in [-0.3, -0.25) is 0 Å². The van der Waals surface area contributed by atoms with E-state index in [2.05, 4.69) is 186 Å². The van der Waals surface area contributed by atoms with E-state index in [1.54, 1.807) is 0 Å². The Labute approximate surface area is 310 Å². The Morgan fingerprint density at radius 1 is 0.472 bits per heavy atom. The number of aromatic nitrogens is 1. The van der Waals surface area contributed by atoms with Crippen LogP contribution in [0.2, 0.25) is 0 Å². The molecule has 0 N–H and O–H groups in total. The van der Waals surface area contributed by atoms with E-state index in [9.17, 15) is 0 Å². The average molecular weight is 697 g/mol. The summed E-state index contributed by atoms with van der Waals surface area (Å²) in [6.07, 6.45) is 0. The number of aryl methyl sites for hydroxylation is 1. The van der Waals surface area contributed by atoms with Crippen LogP contribution in [-0.4, -0.2) is 4.57 Å². The predicted octanol–water partition coefficient (Wildman–Crippen LogP) is 14.5. The molecule has 0 amide bonds. The van der Waals surface area contributed by atoms with Gasteiger partial charge in [0.15, 0.2) is 0 Å². The molecule has 0 aliphatic rings. The van der Waals surface area contributed by atoms with Gasteiger partial charge in [0.05, 0.1) is 22.1 Å². The zero-order valence-corrected chi connectivity index (χ0v) is 29.8. The van der Waals surface area contributed by atoms with E-state index in [0.717, 1.165) is 39.0 Å². The van der Waals surface area contributed by atoms with Crippen molar-refractivity contribution in [3.63, 3.8) is 0 Å². The number of hydrogen-bond donors (Lipinski definition) is 0. The first kappa shape index (κ1) is 30.0. The van der Waals surface area contributed by atoms with Crippen LogP contribution in [-0.2, 0) is 0 Å². The van der Waals surface area contributed by atoms with Crippen molar-refractivity contribution in [2.45, 2.75) is 6.92 Å². The van der Waals surface area contributed by atoms with Gasteiger partial charge in [0.25, 0.3) is 0 Å². The molecule has 0 spiro atoms. The van der Waals surface area contributed by atoms with Crippen LogP contribution < -0.4 is 4.90 Å². The van der Waals surface area contributed by atoms with Crippen molar-refractivity contribution < 1.29 is 4.42 Å². The first-order chi connectivity index (χ1) is 26.2. The molecular weight excluding hydrogens is 665 g/mol. The Bertz CT molecular complexity index is 3180. The molecule has 0 saturated heterocycles. The number of furan rings is 1. The number of nitrogens with zero attached hydrogens (tertiary/aromatic N) is 2. The number of para-hydroxylation sites is 2. The average Bonchev–Trinajstić information content (AvgIpc) is 3.88. The number of thiophene rings is 1. The Morgan fingerprint density at radius 2 is 1.15 bits per heavy atom. The molecule has 3 heterocycles. The van der Waals surface area contributed by atoms with Crippen LogP contribution in [0, 0.1) is 6.92 Å². The highest BCUT2D eigenvalue weighted by atomic mass is 32.1. The molecular formula is C49H32N2OS. The van der Waals surface area contributed by atoms with Gasteiger partial charge in [-0.2, -0.15) is 0 Å². The minimum Gasteiger partial charge on any atom is -0.456 e. The van der Waals surface area contributed by atoms with Gasteiger partial charge < -0.3 is 13.9 Å². The standard InChI is InChI=1S/C49H32N2OS/c1-31-17-22-35(23-18-31)51-42-12-5-2-9-37(42)41-29-33(21-28-43(41)51)32-19-24-34(25-20-32)50(36-26-27-39-38-10-4-7-16-47(38)53-48(39)30-36)44-13-8-15-46-49(44)40-11-3-6-14-45(40)52-46/h2-30H,1H3. The molecule has 3 nitrogen and oxygen atoms in total. The molecule has 11 rings (SSSR count). The van der Waals surface area contributed by atoms with Crippen LogP contribution in [0.25, 0.3) is 80.7 Å². The third-order valence-corrected chi connectivity index (χ3v) is 11.8. The van der Waals surface area contributed by atoms with Crippen LogP contribution >= 0.6 is 11.3 Å². The molecule has 11 aromatic rings. The maximum Gasteiger partial charge on any atom is 0.137 e. The minimum atomic E-state index is 0.881. The molecule has 0 aliphatic heterocycles. The number of anilines is 3. The molecule has 0 aliphatic carbocycles. The maximum absolute atomic E-state index is 6.38. The van der Waals surface area contributed by atoms with Crippen molar-refractivity contribution in [3.8, 4) is 16.8 Å². The summed E-state index contributed by atoms with van der Waals surface area (Å²) < 4.78 is 11.3. The summed E-state index contributed by atoms with van der Waals surface area (Å²) in [5.41, 5.74) is 12.3. The molecule has 0 bridgehead atoms. The third-order valence-electron chi connectivity index (χ3n) is 10.7. The largest absolute Gasteiger partial charge is 0.456 e. The van der Waals surface area contributed by atoms with Gasteiger partial charge in [-0.25, -0.2) is 0 Å². The molecule has 8 aromatic carbocycles. The van der Waals surface area contributed by atoms with E-state index in [0.29, 0.717) is 0 Å². The van der Waals surface area contributed by atoms with Crippen LogP contribution in [0.4, 0.5) is 17.1 Å². The zero-order chi connectivity index (χ0) is 35.0. The van der Waals surface area contributed by atoms with Crippen molar-refractivity contribution in [2.75, 3.05) is 4.90 Å². The lowest BCUT2D eigenvalue weighted by Gasteiger charge is -2.26. The predicted molar refractivity (Wildman–Crippen MR) is 226 cm³/mol. The SMILES string of the molecule is Cc1ccc(-n2c3ccccc3c3cc(-c4ccc(N(c5ccc6c(c5)sc5ccccc56)c5cccc6oc7ccccc7c56)cc4)ccc32)cc1. The van der Waals surface area contributed by atoms with Crippen molar-refractivity contribution in [3.05, 3.63) is 181 Å². The van der Waals surface area contributed by atoms with E-state index >= 15 is 0 Å². The lowest BCUT2D eigenvalue weighted by molar-refractivity contribution is 0.669. The van der Waals surface area contributed by atoms with E-state index in [4.69, 9.17) is 4.42 Å². The Hall–Kier alpha value is -6.62. The van der Waals surface area contributed by atoms with Gasteiger partial charge in [-0.1, -0.05) is 103 Å². The van der Waals surface area contributed by atoms with Crippen molar-refractivity contribution in [1.29, 1.82) is 0 Å². The molecule has 0 atom stereocenters.